The maximum Gasteiger partial charge on any atom is 0.223 e. The summed E-state index contributed by atoms with van der Waals surface area (Å²) in [4.78, 5) is 14.5. The number of rotatable bonds is 5. The van der Waals surface area contributed by atoms with E-state index >= 15 is 0 Å². The van der Waals surface area contributed by atoms with Gasteiger partial charge in [-0.05, 0) is 24.2 Å². The predicted molar refractivity (Wildman–Crippen MR) is 71.3 cm³/mol. The molecule has 2 saturated heterocycles. The topological polar surface area (TPSA) is 41.6 Å². The minimum Gasteiger partial charge on any atom is -0.384 e. The van der Waals surface area contributed by atoms with Crippen LogP contribution in [0.4, 0.5) is 0 Å². The van der Waals surface area contributed by atoms with Crippen molar-refractivity contribution in [2.24, 2.45) is 17.8 Å². The van der Waals surface area contributed by atoms with Crippen LogP contribution in [-0.4, -0.2) is 50.2 Å². The van der Waals surface area contributed by atoms with Crippen molar-refractivity contribution in [3.8, 4) is 0 Å². The van der Waals surface area contributed by atoms with Gasteiger partial charge in [0.15, 0.2) is 0 Å². The number of fused-ring (bicyclic) bond motifs is 1. The van der Waals surface area contributed by atoms with Gasteiger partial charge in [0.2, 0.25) is 5.91 Å². The van der Waals surface area contributed by atoms with Gasteiger partial charge in [-0.3, -0.25) is 4.79 Å². The molecular weight excluding hydrogens is 228 g/mol. The Bertz CT molecular complexity index is 296. The zero-order valence-corrected chi connectivity index (χ0v) is 11.8. The third-order valence-corrected chi connectivity index (χ3v) is 4.43. The van der Waals surface area contributed by atoms with Gasteiger partial charge in [0.1, 0.15) is 0 Å². The van der Waals surface area contributed by atoms with Crippen LogP contribution < -0.4 is 5.32 Å². The lowest BCUT2D eigenvalue weighted by atomic mass is 9.93. The van der Waals surface area contributed by atoms with Crippen molar-refractivity contribution in [1.82, 2.24) is 10.2 Å². The van der Waals surface area contributed by atoms with E-state index < -0.39 is 0 Å². The van der Waals surface area contributed by atoms with Crippen LogP contribution >= 0.6 is 0 Å². The van der Waals surface area contributed by atoms with Crippen LogP contribution in [-0.2, 0) is 9.53 Å². The molecule has 1 amide bonds. The SMILES string of the molecule is CCC1C2CNCC2CN1C(=O)CC(C)COC. The first kappa shape index (κ1) is 13.8. The monoisotopic (exact) mass is 254 g/mol. The molecule has 0 bridgehead atoms. The predicted octanol–water partition coefficient (Wildman–Crippen LogP) is 1.12. The molecule has 0 saturated carbocycles. The van der Waals surface area contributed by atoms with Crippen molar-refractivity contribution >= 4 is 5.91 Å². The Morgan fingerprint density at radius 3 is 2.94 bits per heavy atom. The van der Waals surface area contributed by atoms with Gasteiger partial charge in [-0.1, -0.05) is 13.8 Å². The van der Waals surface area contributed by atoms with E-state index in [1.807, 2.05) is 0 Å². The van der Waals surface area contributed by atoms with E-state index in [1.54, 1.807) is 7.11 Å². The van der Waals surface area contributed by atoms with Gasteiger partial charge in [-0.2, -0.15) is 0 Å². The third kappa shape index (κ3) is 2.69. The number of amides is 1. The van der Waals surface area contributed by atoms with Gasteiger partial charge in [-0.25, -0.2) is 0 Å². The molecule has 0 aromatic rings. The van der Waals surface area contributed by atoms with E-state index in [2.05, 4.69) is 24.1 Å². The van der Waals surface area contributed by atoms with Crippen LogP contribution in [0.15, 0.2) is 0 Å². The number of nitrogens with one attached hydrogen (secondary N) is 1. The van der Waals surface area contributed by atoms with E-state index in [-0.39, 0.29) is 0 Å². The number of carbonyl (C=O) groups is 1. The lowest BCUT2D eigenvalue weighted by Gasteiger charge is -2.28. The van der Waals surface area contributed by atoms with Gasteiger partial charge in [0.25, 0.3) is 0 Å². The zero-order valence-electron chi connectivity index (χ0n) is 11.8. The molecule has 2 rings (SSSR count). The minimum atomic E-state index is 0.318. The number of nitrogens with zero attached hydrogens (tertiary/aromatic N) is 1. The molecule has 2 fully saturated rings. The van der Waals surface area contributed by atoms with E-state index in [0.717, 1.165) is 26.1 Å². The summed E-state index contributed by atoms with van der Waals surface area (Å²) in [5, 5.41) is 3.45. The Hall–Kier alpha value is -0.610. The smallest absolute Gasteiger partial charge is 0.223 e. The zero-order chi connectivity index (χ0) is 13.1. The molecule has 104 valence electrons. The van der Waals surface area contributed by atoms with Crippen molar-refractivity contribution < 1.29 is 9.53 Å². The second-order valence-electron chi connectivity index (χ2n) is 5.87. The quantitative estimate of drug-likeness (QED) is 0.799. The Kier molecular flexibility index (Phi) is 4.62. The molecule has 0 aromatic heterocycles. The summed E-state index contributed by atoms with van der Waals surface area (Å²) in [5.74, 6) is 1.99. The van der Waals surface area contributed by atoms with Gasteiger partial charge in [-0.15, -0.1) is 0 Å². The Morgan fingerprint density at radius 2 is 2.28 bits per heavy atom. The van der Waals surface area contributed by atoms with Crippen molar-refractivity contribution in [2.75, 3.05) is 33.4 Å². The van der Waals surface area contributed by atoms with E-state index in [1.165, 1.54) is 0 Å². The molecule has 4 unspecified atom stereocenters. The molecule has 1 N–H and O–H groups in total. The molecule has 4 nitrogen and oxygen atoms in total. The lowest BCUT2D eigenvalue weighted by molar-refractivity contribution is -0.133. The van der Waals surface area contributed by atoms with Crippen LogP contribution in [0, 0.1) is 17.8 Å². The lowest BCUT2D eigenvalue weighted by Crippen LogP contribution is -2.40. The number of methoxy groups -OCH3 is 1. The average molecular weight is 254 g/mol. The summed E-state index contributed by atoms with van der Waals surface area (Å²) < 4.78 is 5.11. The van der Waals surface area contributed by atoms with Gasteiger partial charge >= 0.3 is 0 Å². The third-order valence-electron chi connectivity index (χ3n) is 4.43. The van der Waals surface area contributed by atoms with E-state index in [9.17, 15) is 4.79 Å². The molecular formula is C14H26N2O2. The maximum atomic E-state index is 12.4. The highest BCUT2D eigenvalue weighted by molar-refractivity contribution is 5.77. The molecule has 0 radical (unpaired) electrons. The molecule has 4 atom stereocenters. The number of hydrogen-bond donors (Lipinski definition) is 1. The van der Waals surface area contributed by atoms with Crippen molar-refractivity contribution in [3.05, 3.63) is 0 Å². The summed E-state index contributed by atoms with van der Waals surface area (Å²) in [6.45, 7) is 8.07. The van der Waals surface area contributed by atoms with Crippen LogP contribution in [0.3, 0.4) is 0 Å². The normalized spacial score (nSPS) is 32.6. The second kappa shape index (κ2) is 6.02. The largest absolute Gasteiger partial charge is 0.384 e. The highest BCUT2D eigenvalue weighted by atomic mass is 16.5. The van der Waals surface area contributed by atoms with Crippen LogP contribution in [0.2, 0.25) is 0 Å². The number of likely N-dealkylation sites (tertiary alicyclic amines) is 1. The molecule has 0 aromatic carbocycles. The molecule has 18 heavy (non-hydrogen) atoms. The Morgan fingerprint density at radius 1 is 1.50 bits per heavy atom. The molecule has 2 heterocycles. The summed E-state index contributed by atoms with van der Waals surface area (Å²) in [6, 6.07) is 0.451. The fourth-order valence-electron chi connectivity index (χ4n) is 3.59. The molecule has 2 aliphatic heterocycles. The van der Waals surface area contributed by atoms with Gasteiger partial charge < -0.3 is 15.0 Å². The second-order valence-corrected chi connectivity index (χ2v) is 5.87. The first-order valence-corrected chi connectivity index (χ1v) is 7.16. The summed E-state index contributed by atoms with van der Waals surface area (Å²) in [7, 11) is 1.70. The fraction of sp³-hybridized carbons (Fsp3) is 0.929. The van der Waals surface area contributed by atoms with E-state index in [4.69, 9.17) is 4.74 Å². The highest BCUT2D eigenvalue weighted by Gasteiger charge is 2.44. The van der Waals surface area contributed by atoms with Crippen molar-refractivity contribution in [3.63, 3.8) is 0 Å². The highest BCUT2D eigenvalue weighted by Crippen LogP contribution is 2.34. The first-order valence-electron chi connectivity index (χ1n) is 7.16. The summed E-state index contributed by atoms with van der Waals surface area (Å²) in [6.07, 6.45) is 1.70. The standard InChI is InChI=1S/C14H26N2O2/c1-4-13-12-7-15-6-11(12)8-16(13)14(17)5-10(2)9-18-3/h10-13,15H,4-9H2,1-3H3. The van der Waals surface area contributed by atoms with Gasteiger partial charge in [0, 0.05) is 45.8 Å². The Labute approximate surface area is 110 Å². The van der Waals surface area contributed by atoms with Gasteiger partial charge in [0.05, 0.1) is 0 Å². The van der Waals surface area contributed by atoms with Crippen molar-refractivity contribution in [1.29, 1.82) is 0 Å². The molecule has 0 spiro atoms. The fourth-order valence-corrected chi connectivity index (χ4v) is 3.59. The molecule has 4 heteroatoms. The molecule has 0 aliphatic carbocycles. The number of hydrogen-bond acceptors (Lipinski definition) is 3. The first-order chi connectivity index (χ1) is 8.67. The maximum absolute atomic E-state index is 12.4. The average Bonchev–Trinajstić information content (AvgIpc) is 2.87. The molecule has 2 aliphatic rings. The summed E-state index contributed by atoms with van der Waals surface area (Å²) >= 11 is 0. The van der Waals surface area contributed by atoms with Crippen LogP contribution in [0.1, 0.15) is 26.7 Å². The van der Waals surface area contributed by atoms with Crippen molar-refractivity contribution in [2.45, 2.75) is 32.7 Å². The number of ether oxygens (including phenoxy) is 1. The van der Waals surface area contributed by atoms with E-state index in [0.29, 0.717) is 42.7 Å². The Balaban J connectivity index is 1.93. The number of carbonyl (C=O) groups excluding carboxylic acids is 1. The summed E-state index contributed by atoms with van der Waals surface area (Å²) in [5.41, 5.74) is 0. The van der Waals surface area contributed by atoms with Crippen LogP contribution in [0.5, 0.6) is 0 Å². The minimum absolute atomic E-state index is 0.318. The van der Waals surface area contributed by atoms with Crippen LogP contribution in [0.25, 0.3) is 0 Å².